The Morgan fingerprint density at radius 1 is 1.13 bits per heavy atom. The van der Waals surface area contributed by atoms with Gasteiger partial charge < -0.3 is 17.2 Å². The van der Waals surface area contributed by atoms with Crippen molar-refractivity contribution in [3.8, 4) is 0 Å². The molecule has 0 atom stereocenters. The van der Waals surface area contributed by atoms with Crippen LogP contribution in [0.5, 0.6) is 0 Å². The smallest absolute Gasteiger partial charge is 0.218 e. The van der Waals surface area contributed by atoms with Crippen molar-refractivity contribution in [2.24, 2.45) is 27.2 Å². The number of rotatable bonds is 2. The number of aliphatic imine (C=N–C) groups is 2. The van der Waals surface area contributed by atoms with Crippen molar-refractivity contribution in [1.82, 2.24) is 0 Å². The van der Waals surface area contributed by atoms with E-state index in [-0.39, 0.29) is 11.9 Å². The van der Waals surface area contributed by atoms with E-state index >= 15 is 0 Å². The molecule has 0 aliphatic rings. The van der Waals surface area contributed by atoms with Crippen molar-refractivity contribution in [3.63, 3.8) is 0 Å². The lowest BCUT2D eigenvalue weighted by Gasteiger charge is -1.97. The van der Waals surface area contributed by atoms with Gasteiger partial charge >= 0.3 is 0 Å². The predicted octanol–water partition coefficient (Wildman–Crippen LogP) is 0.537. The predicted molar refractivity (Wildman–Crippen MR) is 65.3 cm³/mol. The molecule has 80 valence electrons. The first-order valence-electron chi connectivity index (χ1n) is 4.22. The Morgan fingerprint density at radius 2 is 1.73 bits per heavy atom. The Labute approximate surface area is 96.2 Å². The second kappa shape index (κ2) is 5.35. The maximum atomic E-state index is 5.45. The fraction of sp³-hybridized carbons (Fsp3) is 0.111. The topological polar surface area (TPSA) is 103 Å². The molecular weight excluding hydrogens is 258 g/mol. The van der Waals surface area contributed by atoms with E-state index in [0.717, 1.165) is 10.0 Å². The number of nitrogens with two attached hydrogens (primary N) is 3. The lowest BCUT2D eigenvalue weighted by molar-refractivity contribution is 1.05. The van der Waals surface area contributed by atoms with Crippen molar-refractivity contribution >= 4 is 27.8 Å². The zero-order chi connectivity index (χ0) is 11.3. The third kappa shape index (κ3) is 4.46. The Bertz CT molecular complexity index is 378. The molecule has 5 nitrogen and oxygen atoms in total. The minimum absolute atomic E-state index is 0.0814. The average molecular weight is 270 g/mol. The van der Waals surface area contributed by atoms with Crippen LogP contribution in [-0.2, 0) is 6.54 Å². The van der Waals surface area contributed by atoms with E-state index in [1.54, 1.807) is 0 Å². The van der Waals surface area contributed by atoms with Gasteiger partial charge in [0.1, 0.15) is 0 Å². The van der Waals surface area contributed by atoms with Crippen LogP contribution >= 0.6 is 15.9 Å². The summed E-state index contributed by atoms with van der Waals surface area (Å²) in [6, 6.07) is 7.75. The number of hydrogen-bond acceptors (Lipinski definition) is 1. The zero-order valence-corrected chi connectivity index (χ0v) is 9.61. The van der Waals surface area contributed by atoms with Crippen LogP contribution in [0, 0.1) is 0 Å². The number of benzene rings is 1. The van der Waals surface area contributed by atoms with Crippen LogP contribution in [0.25, 0.3) is 0 Å². The zero-order valence-electron chi connectivity index (χ0n) is 8.02. The molecule has 0 fully saturated rings. The second-order valence-corrected chi connectivity index (χ2v) is 3.75. The molecule has 1 aromatic carbocycles. The summed E-state index contributed by atoms with van der Waals surface area (Å²) in [4.78, 5) is 7.60. The highest BCUT2D eigenvalue weighted by molar-refractivity contribution is 9.10. The molecule has 1 rings (SSSR count). The number of halogens is 1. The first-order chi connectivity index (χ1) is 7.08. The van der Waals surface area contributed by atoms with E-state index in [0.29, 0.717) is 6.54 Å². The van der Waals surface area contributed by atoms with Gasteiger partial charge in [-0.05, 0) is 17.7 Å². The molecule has 1 aromatic rings. The number of nitrogens with zero attached hydrogens (tertiary/aromatic N) is 2. The van der Waals surface area contributed by atoms with Crippen LogP contribution < -0.4 is 17.2 Å². The lowest BCUT2D eigenvalue weighted by atomic mass is 10.2. The molecule has 0 spiro atoms. The van der Waals surface area contributed by atoms with E-state index in [1.165, 1.54) is 0 Å². The van der Waals surface area contributed by atoms with Gasteiger partial charge in [-0.2, -0.15) is 4.99 Å². The van der Waals surface area contributed by atoms with Crippen molar-refractivity contribution in [2.75, 3.05) is 0 Å². The van der Waals surface area contributed by atoms with Gasteiger partial charge in [0.25, 0.3) is 0 Å². The van der Waals surface area contributed by atoms with E-state index in [1.807, 2.05) is 24.3 Å². The molecule has 0 saturated heterocycles. The molecule has 0 saturated carbocycles. The molecule has 0 heterocycles. The number of guanidine groups is 2. The second-order valence-electron chi connectivity index (χ2n) is 2.84. The van der Waals surface area contributed by atoms with E-state index in [4.69, 9.17) is 17.2 Å². The first-order valence-corrected chi connectivity index (χ1v) is 5.01. The number of hydrogen-bond donors (Lipinski definition) is 3. The van der Waals surface area contributed by atoms with Crippen molar-refractivity contribution in [3.05, 3.63) is 34.3 Å². The van der Waals surface area contributed by atoms with Gasteiger partial charge in [-0.15, -0.1) is 0 Å². The van der Waals surface area contributed by atoms with Crippen LogP contribution in [0.1, 0.15) is 5.56 Å². The maximum absolute atomic E-state index is 5.45. The summed E-state index contributed by atoms with van der Waals surface area (Å²) < 4.78 is 1.02. The normalized spacial score (nSPS) is 11.1. The molecule has 0 amide bonds. The standard InChI is InChI=1S/C9H12BrN5/c10-7-3-1-6(2-4-7)5-14-9(13)15-8(11)12/h1-4H,5H2,(H6,11,12,13,14,15). The molecule has 0 aliphatic heterocycles. The molecule has 6 heteroatoms. The van der Waals surface area contributed by atoms with Crippen LogP contribution in [0.2, 0.25) is 0 Å². The Hall–Kier alpha value is -1.56. The highest BCUT2D eigenvalue weighted by Crippen LogP contribution is 2.10. The fourth-order valence-electron chi connectivity index (χ4n) is 0.930. The highest BCUT2D eigenvalue weighted by Gasteiger charge is 1.92. The van der Waals surface area contributed by atoms with Gasteiger partial charge in [0.2, 0.25) is 5.96 Å². The van der Waals surface area contributed by atoms with Crippen molar-refractivity contribution in [1.29, 1.82) is 0 Å². The summed E-state index contributed by atoms with van der Waals surface area (Å²) in [5, 5.41) is 0. The van der Waals surface area contributed by atoms with Gasteiger partial charge in [-0.25, -0.2) is 4.99 Å². The van der Waals surface area contributed by atoms with Crippen LogP contribution in [-0.4, -0.2) is 11.9 Å². The Balaban J connectivity index is 2.64. The highest BCUT2D eigenvalue weighted by atomic mass is 79.9. The summed E-state index contributed by atoms with van der Waals surface area (Å²) in [5.41, 5.74) is 16.8. The SMILES string of the molecule is NC(N)=NC(N)=NCc1ccc(Br)cc1. The van der Waals surface area contributed by atoms with Gasteiger partial charge in [-0.1, -0.05) is 28.1 Å². The minimum atomic E-state index is -0.0907. The van der Waals surface area contributed by atoms with Crippen LogP contribution in [0.3, 0.4) is 0 Å². The van der Waals surface area contributed by atoms with Crippen molar-refractivity contribution < 1.29 is 0 Å². The fourth-order valence-corrected chi connectivity index (χ4v) is 1.19. The Morgan fingerprint density at radius 3 is 2.27 bits per heavy atom. The molecule has 0 bridgehead atoms. The average Bonchev–Trinajstić information content (AvgIpc) is 2.16. The lowest BCUT2D eigenvalue weighted by Crippen LogP contribution is -2.26. The summed E-state index contributed by atoms with van der Waals surface area (Å²) in [6.45, 7) is 0.454. The van der Waals surface area contributed by atoms with E-state index in [9.17, 15) is 0 Å². The molecule has 0 radical (unpaired) electrons. The van der Waals surface area contributed by atoms with Gasteiger partial charge in [0.15, 0.2) is 5.96 Å². The molecular formula is C9H12BrN5. The van der Waals surface area contributed by atoms with Crippen molar-refractivity contribution in [2.45, 2.75) is 6.54 Å². The maximum Gasteiger partial charge on any atom is 0.218 e. The largest absolute Gasteiger partial charge is 0.370 e. The minimum Gasteiger partial charge on any atom is -0.370 e. The van der Waals surface area contributed by atoms with Crippen LogP contribution in [0.4, 0.5) is 0 Å². The third-order valence-corrected chi connectivity index (χ3v) is 2.11. The summed E-state index contributed by atoms with van der Waals surface area (Å²) in [5.74, 6) is -0.00928. The monoisotopic (exact) mass is 269 g/mol. The third-order valence-electron chi connectivity index (χ3n) is 1.58. The van der Waals surface area contributed by atoms with Gasteiger partial charge in [0.05, 0.1) is 6.54 Å². The molecule has 6 N–H and O–H groups in total. The summed E-state index contributed by atoms with van der Waals surface area (Å²) in [7, 11) is 0. The first kappa shape index (κ1) is 11.5. The molecule has 0 unspecified atom stereocenters. The summed E-state index contributed by atoms with van der Waals surface area (Å²) >= 11 is 3.34. The van der Waals surface area contributed by atoms with E-state index < -0.39 is 0 Å². The van der Waals surface area contributed by atoms with E-state index in [2.05, 4.69) is 25.9 Å². The van der Waals surface area contributed by atoms with Gasteiger partial charge in [0, 0.05) is 4.47 Å². The molecule has 0 aromatic heterocycles. The van der Waals surface area contributed by atoms with Crippen LogP contribution in [0.15, 0.2) is 38.7 Å². The Kier molecular flexibility index (Phi) is 4.11. The quantitative estimate of drug-likeness (QED) is 0.539. The van der Waals surface area contributed by atoms with Gasteiger partial charge in [-0.3, -0.25) is 0 Å². The molecule has 0 aliphatic carbocycles. The summed E-state index contributed by atoms with van der Waals surface area (Å²) in [6.07, 6.45) is 0. The molecule has 15 heavy (non-hydrogen) atoms.